The molecule has 0 atom stereocenters. The van der Waals surface area contributed by atoms with Crippen LogP contribution in [-0.4, -0.2) is 10.3 Å². The lowest BCUT2D eigenvalue weighted by atomic mass is 10.0. The third-order valence-corrected chi connectivity index (χ3v) is 4.87. The molecule has 0 aliphatic heterocycles. The molecular weight excluding hydrogens is 397 g/mol. The molecule has 0 aliphatic carbocycles. The predicted octanol–water partition coefficient (Wildman–Crippen LogP) is 6.60. The van der Waals surface area contributed by atoms with E-state index < -0.39 is 0 Å². The van der Waals surface area contributed by atoms with E-state index in [4.69, 9.17) is 32.5 Å². The van der Waals surface area contributed by atoms with Gasteiger partial charge in [0.05, 0.1) is 27.8 Å². The van der Waals surface area contributed by atoms with E-state index in [1.807, 2.05) is 54.6 Å². The number of hydrogen-bond acceptors (Lipinski definition) is 4. The van der Waals surface area contributed by atoms with Gasteiger partial charge in [0.1, 0.15) is 17.2 Å². The summed E-state index contributed by atoms with van der Waals surface area (Å²) in [7, 11) is 0. The van der Waals surface area contributed by atoms with Gasteiger partial charge in [0.25, 0.3) is 0 Å². The van der Waals surface area contributed by atoms with Gasteiger partial charge in [-0.25, -0.2) is 0 Å². The van der Waals surface area contributed by atoms with Crippen molar-refractivity contribution in [3.63, 3.8) is 0 Å². The molecule has 4 nitrogen and oxygen atoms in total. The van der Waals surface area contributed by atoms with Gasteiger partial charge >= 0.3 is 0 Å². The number of hydrogen-bond donors (Lipinski definition) is 1. The Morgan fingerprint density at radius 2 is 1.46 bits per heavy atom. The van der Waals surface area contributed by atoms with Gasteiger partial charge < -0.3 is 14.4 Å². The Labute approximate surface area is 171 Å². The number of para-hydroxylation sites is 1. The van der Waals surface area contributed by atoms with Crippen LogP contribution in [0.5, 0.6) is 11.5 Å². The van der Waals surface area contributed by atoms with Crippen LogP contribution >= 0.6 is 23.2 Å². The molecule has 1 aromatic heterocycles. The number of aliphatic hydroxyl groups is 1. The zero-order valence-corrected chi connectivity index (χ0v) is 16.1. The Balaban J connectivity index is 1.68. The number of ether oxygens (including phenoxy) is 1. The number of nitrogens with zero attached hydrogens (tertiary/aromatic N) is 1. The first kappa shape index (κ1) is 18.6. The van der Waals surface area contributed by atoms with Gasteiger partial charge in [-0.05, 0) is 48.5 Å². The number of halogens is 2. The van der Waals surface area contributed by atoms with Gasteiger partial charge in [-0.3, -0.25) is 0 Å². The van der Waals surface area contributed by atoms with Crippen molar-refractivity contribution in [3.05, 3.63) is 88.4 Å². The summed E-state index contributed by atoms with van der Waals surface area (Å²) < 4.78 is 11.3. The minimum Gasteiger partial charge on any atom is -0.457 e. The summed E-state index contributed by atoms with van der Waals surface area (Å²) in [4.78, 5) is 0. The topological polar surface area (TPSA) is 55.5 Å². The van der Waals surface area contributed by atoms with Crippen LogP contribution < -0.4 is 4.74 Å². The van der Waals surface area contributed by atoms with Crippen molar-refractivity contribution in [1.82, 2.24) is 5.16 Å². The van der Waals surface area contributed by atoms with Crippen molar-refractivity contribution in [2.75, 3.05) is 0 Å². The summed E-state index contributed by atoms with van der Waals surface area (Å²) in [6.07, 6.45) is 0. The number of rotatable bonds is 5. The highest BCUT2D eigenvalue weighted by Gasteiger charge is 2.22. The minimum atomic E-state index is -0.266. The van der Waals surface area contributed by atoms with Crippen molar-refractivity contribution >= 4 is 23.2 Å². The van der Waals surface area contributed by atoms with E-state index in [2.05, 4.69) is 5.16 Å². The number of aliphatic hydroxyl groups excluding tert-OH is 1. The average Bonchev–Trinajstić information content (AvgIpc) is 3.13. The lowest BCUT2D eigenvalue weighted by Crippen LogP contribution is -1.91. The lowest BCUT2D eigenvalue weighted by Gasteiger charge is -2.07. The lowest BCUT2D eigenvalue weighted by molar-refractivity contribution is 0.281. The van der Waals surface area contributed by atoms with Gasteiger partial charge in [0.2, 0.25) is 0 Å². The zero-order valence-electron chi connectivity index (χ0n) is 14.6. The second-order valence-corrected chi connectivity index (χ2v) is 6.85. The molecule has 4 rings (SSSR count). The van der Waals surface area contributed by atoms with Crippen LogP contribution in [-0.2, 0) is 6.61 Å². The highest BCUT2D eigenvalue weighted by Crippen LogP contribution is 2.40. The molecule has 6 heteroatoms. The third-order valence-electron chi connectivity index (χ3n) is 4.24. The zero-order chi connectivity index (χ0) is 19.5. The maximum atomic E-state index is 9.93. The largest absolute Gasteiger partial charge is 0.457 e. The van der Waals surface area contributed by atoms with E-state index >= 15 is 0 Å². The first-order valence-electron chi connectivity index (χ1n) is 8.54. The molecular formula is C22H15Cl2NO3. The second kappa shape index (κ2) is 8.07. The van der Waals surface area contributed by atoms with Crippen molar-refractivity contribution in [2.45, 2.75) is 6.61 Å². The predicted molar refractivity (Wildman–Crippen MR) is 110 cm³/mol. The van der Waals surface area contributed by atoms with Crippen LogP contribution in [0.2, 0.25) is 10.0 Å². The van der Waals surface area contributed by atoms with Crippen LogP contribution in [0, 0.1) is 0 Å². The Morgan fingerprint density at radius 3 is 2.11 bits per heavy atom. The summed E-state index contributed by atoms with van der Waals surface area (Å²) in [6.45, 7) is -0.266. The maximum absolute atomic E-state index is 9.93. The standard InChI is InChI=1S/C22H15Cl2NO3/c23-18-7-4-8-19(24)20(18)22-17(13-26)21(25-28-22)14-9-11-16(12-10-14)27-15-5-2-1-3-6-15/h1-12,26H,13H2. The molecule has 0 spiro atoms. The first-order chi connectivity index (χ1) is 13.7. The van der Waals surface area contributed by atoms with Gasteiger partial charge in [-0.15, -0.1) is 0 Å². The van der Waals surface area contributed by atoms with E-state index in [0.717, 1.165) is 11.3 Å². The van der Waals surface area contributed by atoms with Crippen molar-refractivity contribution < 1.29 is 14.4 Å². The highest BCUT2D eigenvalue weighted by atomic mass is 35.5. The van der Waals surface area contributed by atoms with Crippen LogP contribution in [0.1, 0.15) is 5.56 Å². The van der Waals surface area contributed by atoms with E-state index in [1.54, 1.807) is 18.2 Å². The molecule has 0 radical (unpaired) electrons. The minimum absolute atomic E-state index is 0.266. The fraction of sp³-hybridized carbons (Fsp3) is 0.0455. The van der Waals surface area contributed by atoms with Crippen molar-refractivity contribution in [1.29, 1.82) is 0 Å². The third kappa shape index (κ3) is 3.62. The molecule has 0 unspecified atom stereocenters. The molecule has 0 saturated carbocycles. The summed E-state index contributed by atoms with van der Waals surface area (Å²) in [5, 5.41) is 14.9. The summed E-state index contributed by atoms with van der Waals surface area (Å²) in [6, 6.07) is 22.1. The number of benzene rings is 3. The fourth-order valence-electron chi connectivity index (χ4n) is 2.90. The van der Waals surface area contributed by atoms with E-state index in [0.29, 0.717) is 38.4 Å². The van der Waals surface area contributed by atoms with E-state index in [9.17, 15) is 5.11 Å². The maximum Gasteiger partial charge on any atom is 0.176 e. The molecule has 4 aromatic rings. The molecule has 1 heterocycles. The first-order valence-corrected chi connectivity index (χ1v) is 9.30. The Morgan fingerprint density at radius 1 is 0.821 bits per heavy atom. The quantitative estimate of drug-likeness (QED) is 0.401. The smallest absolute Gasteiger partial charge is 0.176 e. The fourth-order valence-corrected chi connectivity index (χ4v) is 3.47. The van der Waals surface area contributed by atoms with Crippen molar-refractivity contribution in [2.24, 2.45) is 0 Å². The number of aromatic nitrogens is 1. The molecule has 1 N–H and O–H groups in total. The molecule has 0 saturated heterocycles. The molecule has 3 aromatic carbocycles. The highest BCUT2D eigenvalue weighted by molar-refractivity contribution is 6.39. The molecule has 0 aliphatic rings. The molecule has 140 valence electrons. The monoisotopic (exact) mass is 411 g/mol. The van der Waals surface area contributed by atoms with Gasteiger partial charge in [-0.1, -0.05) is 52.6 Å². The molecule has 0 fully saturated rings. The summed E-state index contributed by atoms with van der Waals surface area (Å²) in [5.41, 5.74) is 2.34. The van der Waals surface area contributed by atoms with Gasteiger partial charge in [0.15, 0.2) is 5.76 Å². The Kier molecular flexibility index (Phi) is 5.35. The second-order valence-electron chi connectivity index (χ2n) is 6.03. The molecule has 0 amide bonds. The molecule has 28 heavy (non-hydrogen) atoms. The van der Waals surface area contributed by atoms with Crippen LogP contribution in [0.25, 0.3) is 22.6 Å². The van der Waals surface area contributed by atoms with E-state index in [1.165, 1.54) is 0 Å². The summed E-state index contributed by atoms with van der Waals surface area (Å²) >= 11 is 12.6. The van der Waals surface area contributed by atoms with Crippen LogP contribution in [0.15, 0.2) is 77.3 Å². The Hall–Kier alpha value is -2.79. The van der Waals surface area contributed by atoms with Crippen LogP contribution in [0.3, 0.4) is 0 Å². The summed E-state index contributed by atoms with van der Waals surface area (Å²) in [5.74, 6) is 1.81. The van der Waals surface area contributed by atoms with Gasteiger partial charge in [0, 0.05) is 5.56 Å². The van der Waals surface area contributed by atoms with Crippen molar-refractivity contribution in [3.8, 4) is 34.1 Å². The average molecular weight is 412 g/mol. The SMILES string of the molecule is OCc1c(-c2ccc(Oc3ccccc3)cc2)noc1-c1c(Cl)cccc1Cl. The Bertz CT molecular complexity index is 1070. The molecule has 0 bridgehead atoms. The van der Waals surface area contributed by atoms with Crippen LogP contribution in [0.4, 0.5) is 0 Å². The van der Waals surface area contributed by atoms with E-state index in [-0.39, 0.29) is 6.61 Å². The van der Waals surface area contributed by atoms with Gasteiger partial charge in [-0.2, -0.15) is 0 Å². The normalized spacial score (nSPS) is 10.8.